The molecule has 0 spiro atoms. The Morgan fingerprint density at radius 1 is 0.302 bits per heavy atom. The van der Waals surface area contributed by atoms with E-state index in [0.29, 0.717) is 0 Å². The molecule has 3 heteroatoms. The lowest BCUT2D eigenvalue weighted by Gasteiger charge is -2.29. The molecule has 0 aliphatic rings. The van der Waals surface area contributed by atoms with E-state index in [-0.39, 0.29) is 0 Å². The molecule has 0 fully saturated rings. The summed E-state index contributed by atoms with van der Waals surface area (Å²) in [7, 11) is 0. The zero-order chi connectivity index (χ0) is 41.7. The van der Waals surface area contributed by atoms with Gasteiger partial charge in [-0.3, -0.25) is 0 Å². The SMILES string of the molecule is c1ccc(-c2ccc(-c3ccc(N(c4ccc(-c5ccccc5)cc4)c4cc5c(cc4-c4ccc6c(c4)oc4ccccc46)c4ccccc4n5-c4ccccc4)cc3)cc2)cc1. The average molecular weight is 805 g/mol. The number of fused-ring (bicyclic) bond motifs is 6. The fourth-order valence-electron chi connectivity index (χ4n) is 9.32. The van der Waals surface area contributed by atoms with Gasteiger partial charge >= 0.3 is 0 Å². The van der Waals surface area contributed by atoms with Gasteiger partial charge in [-0.15, -0.1) is 0 Å². The predicted octanol–water partition coefficient (Wildman–Crippen LogP) is 16.8. The molecule has 296 valence electrons. The largest absolute Gasteiger partial charge is 0.456 e. The molecule has 0 bridgehead atoms. The molecule has 3 nitrogen and oxygen atoms in total. The minimum Gasteiger partial charge on any atom is -0.456 e. The van der Waals surface area contributed by atoms with Crippen molar-refractivity contribution in [2.24, 2.45) is 0 Å². The maximum Gasteiger partial charge on any atom is 0.136 e. The smallest absolute Gasteiger partial charge is 0.136 e. The van der Waals surface area contributed by atoms with Crippen molar-refractivity contribution < 1.29 is 4.42 Å². The molecule has 0 aliphatic carbocycles. The van der Waals surface area contributed by atoms with Crippen molar-refractivity contribution in [3.05, 3.63) is 243 Å². The molecule has 12 rings (SSSR count). The van der Waals surface area contributed by atoms with E-state index in [1.807, 2.05) is 12.1 Å². The van der Waals surface area contributed by atoms with Crippen LogP contribution in [0, 0.1) is 0 Å². The summed E-state index contributed by atoms with van der Waals surface area (Å²) in [4.78, 5) is 2.42. The van der Waals surface area contributed by atoms with Crippen LogP contribution < -0.4 is 4.90 Å². The van der Waals surface area contributed by atoms with Crippen molar-refractivity contribution >= 4 is 60.8 Å². The van der Waals surface area contributed by atoms with Crippen LogP contribution in [0.1, 0.15) is 0 Å². The van der Waals surface area contributed by atoms with Crippen molar-refractivity contribution in [3.63, 3.8) is 0 Å². The number of rotatable bonds is 8. The van der Waals surface area contributed by atoms with Crippen molar-refractivity contribution in [1.82, 2.24) is 4.57 Å². The van der Waals surface area contributed by atoms with Gasteiger partial charge in [0.05, 0.1) is 16.7 Å². The molecule has 63 heavy (non-hydrogen) atoms. The molecule has 0 saturated heterocycles. The van der Waals surface area contributed by atoms with Crippen molar-refractivity contribution in [2.45, 2.75) is 0 Å². The molecule has 0 saturated carbocycles. The Kier molecular flexibility index (Phi) is 8.83. The number of furan rings is 1. The molecule has 0 unspecified atom stereocenters. The summed E-state index contributed by atoms with van der Waals surface area (Å²) in [6.07, 6.45) is 0. The Morgan fingerprint density at radius 2 is 0.762 bits per heavy atom. The lowest BCUT2D eigenvalue weighted by atomic mass is 9.97. The van der Waals surface area contributed by atoms with E-state index in [2.05, 4.69) is 240 Å². The van der Waals surface area contributed by atoms with Crippen molar-refractivity contribution in [2.75, 3.05) is 4.90 Å². The Morgan fingerprint density at radius 3 is 1.37 bits per heavy atom. The van der Waals surface area contributed by atoms with Crippen molar-refractivity contribution in [1.29, 1.82) is 0 Å². The Bertz CT molecular complexity index is 3570. The second-order valence-electron chi connectivity index (χ2n) is 16.1. The highest BCUT2D eigenvalue weighted by Crippen LogP contribution is 2.47. The molecular formula is C60H40N2O. The summed E-state index contributed by atoms with van der Waals surface area (Å²) in [5, 5.41) is 4.62. The van der Waals surface area contributed by atoms with Gasteiger partial charge in [-0.05, 0) is 112 Å². The van der Waals surface area contributed by atoms with E-state index in [1.54, 1.807) is 0 Å². The second kappa shape index (κ2) is 15.3. The highest BCUT2D eigenvalue weighted by Gasteiger charge is 2.23. The standard InChI is InChI=1S/C60H40N2O/c1-4-14-41(15-5-1)43-24-26-44(27-25-43)46-30-35-50(36-31-46)61(49-33-28-45(29-34-49)42-16-6-2-7-17-42)57-40-58-55(51-20-10-12-22-56(51)62(58)48-18-8-3-9-19-48)39-54(57)47-32-37-53-52-21-11-13-23-59(52)63-60(53)38-47/h1-40H. The average Bonchev–Trinajstić information content (AvgIpc) is 3.90. The number of anilines is 3. The van der Waals surface area contributed by atoms with E-state index >= 15 is 0 Å². The number of benzene rings is 10. The quantitative estimate of drug-likeness (QED) is 0.153. The molecule has 10 aromatic carbocycles. The summed E-state index contributed by atoms with van der Waals surface area (Å²) in [6.45, 7) is 0. The maximum atomic E-state index is 6.53. The summed E-state index contributed by atoms with van der Waals surface area (Å²) >= 11 is 0. The van der Waals surface area contributed by atoms with Crippen LogP contribution in [0.15, 0.2) is 247 Å². The number of aromatic nitrogens is 1. The van der Waals surface area contributed by atoms with Gasteiger partial charge < -0.3 is 13.9 Å². The van der Waals surface area contributed by atoms with Gasteiger partial charge in [0, 0.05) is 44.2 Å². The molecule has 2 aromatic heterocycles. The van der Waals surface area contributed by atoms with Crippen LogP contribution in [0.25, 0.3) is 93.9 Å². The van der Waals surface area contributed by atoms with Crippen LogP contribution in [0.2, 0.25) is 0 Å². The van der Waals surface area contributed by atoms with E-state index < -0.39 is 0 Å². The van der Waals surface area contributed by atoms with E-state index in [9.17, 15) is 0 Å². The van der Waals surface area contributed by atoms with Gasteiger partial charge in [-0.25, -0.2) is 0 Å². The molecule has 0 atom stereocenters. The third-order valence-electron chi connectivity index (χ3n) is 12.4. The van der Waals surface area contributed by atoms with E-state index in [4.69, 9.17) is 4.42 Å². The van der Waals surface area contributed by atoms with Crippen LogP contribution in [0.3, 0.4) is 0 Å². The van der Waals surface area contributed by atoms with Crippen molar-refractivity contribution in [3.8, 4) is 50.2 Å². The highest BCUT2D eigenvalue weighted by molar-refractivity contribution is 6.14. The van der Waals surface area contributed by atoms with Crippen LogP contribution in [0.5, 0.6) is 0 Å². The summed E-state index contributed by atoms with van der Waals surface area (Å²) in [5.74, 6) is 0. The number of hydrogen-bond acceptors (Lipinski definition) is 2. The minimum absolute atomic E-state index is 0.868. The zero-order valence-corrected chi connectivity index (χ0v) is 34.4. The molecule has 12 aromatic rings. The Labute approximate surface area is 366 Å². The topological polar surface area (TPSA) is 21.3 Å². The van der Waals surface area contributed by atoms with E-state index in [1.165, 1.54) is 38.6 Å². The van der Waals surface area contributed by atoms with Gasteiger partial charge in [-0.1, -0.05) is 170 Å². The third kappa shape index (κ3) is 6.46. The Hall–Kier alpha value is -8.40. The lowest BCUT2D eigenvalue weighted by Crippen LogP contribution is -2.11. The molecule has 0 amide bonds. The van der Waals surface area contributed by atoms with Gasteiger partial charge in [-0.2, -0.15) is 0 Å². The van der Waals surface area contributed by atoms with Gasteiger partial charge in [0.25, 0.3) is 0 Å². The first-order valence-electron chi connectivity index (χ1n) is 21.5. The maximum absolute atomic E-state index is 6.53. The van der Waals surface area contributed by atoms with Crippen LogP contribution in [0.4, 0.5) is 17.1 Å². The molecule has 0 aliphatic heterocycles. The van der Waals surface area contributed by atoms with Crippen LogP contribution in [-0.2, 0) is 0 Å². The molecular weight excluding hydrogens is 765 g/mol. The lowest BCUT2D eigenvalue weighted by molar-refractivity contribution is 0.669. The monoisotopic (exact) mass is 804 g/mol. The summed E-state index contributed by atoms with van der Waals surface area (Å²) < 4.78 is 8.93. The van der Waals surface area contributed by atoms with E-state index in [0.717, 1.165) is 72.4 Å². The second-order valence-corrected chi connectivity index (χ2v) is 16.1. The first-order chi connectivity index (χ1) is 31.2. The number of nitrogens with zero attached hydrogens (tertiary/aromatic N) is 2. The third-order valence-corrected chi connectivity index (χ3v) is 12.4. The molecule has 0 N–H and O–H groups in total. The fourth-order valence-corrected chi connectivity index (χ4v) is 9.32. The van der Waals surface area contributed by atoms with Gasteiger partial charge in [0.15, 0.2) is 0 Å². The zero-order valence-electron chi connectivity index (χ0n) is 34.4. The first-order valence-corrected chi connectivity index (χ1v) is 21.5. The Balaban J connectivity index is 1.09. The van der Waals surface area contributed by atoms with Crippen LogP contribution >= 0.6 is 0 Å². The van der Waals surface area contributed by atoms with Crippen LogP contribution in [-0.4, -0.2) is 4.57 Å². The minimum atomic E-state index is 0.868. The molecule has 0 radical (unpaired) electrons. The fraction of sp³-hybridized carbons (Fsp3) is 0. The summed E-state index contributed by atoms with van der Waals surface area (Å²) in [5.41, 5.74) is 17.6. The van der Waals surface area contributed by atoms with Gasteiger partial charge in [0.1, 0.15) is 11.2 Å². The number of para-hydroxylation sites is 3. The molecule has 2 heterocycles. The predicted molar refractivity (Wildman–Crippen MR) is 264 cm³/mol. The number of hydrogen-bond donors (Lipinski definition) is 0. The summed E-state index contributed by atoms with van der Waals surface area (Å²) in [6, 6.07) is 87.2. The van der Waals surface area contributed by atoms with Gasteiger partial charge in [0.2, 0.25) is 0 Å². The highest BCUT2D eigenvalue weighted by atomic mass is 16.3. The normalized spacial score (nSPS) is 11.5. The first kappa shape index (κ1) is 36.5.